The second kappa shape index (κ2) is 5.30. The van der Waals surface area contributed by atoms with Crippen molar-refractivity contribution >= 4 is 11.8 Å². The third-order valence-electron chi connectivity index (χ3n) is 1.23. The van der Waals surface area contributed by atoms with Gasteiger partial charge in [-0.3, -0.25) is 4.79 Å². The Kier molecular flexibility index (Phi) is 4.74. The molecule has 0 atom stereocenters. The highest BCUT2D eigenvalue weighted by Gasteiger charge is 2.15. The summed E-state index contributed by atoms with van der Waals surface area (Å²) in [5.74, 6) is -0.909. The molecule has 0 radical (unpaired) electrons. The van der Waals surface area contributed by atoms with Crippen molar-refractivity contribution in [1.82, 2.24) is 0 Å². The topological polar surface area (TPSA) is 43.4 Å². The molecular weight excluding hydrogens is 168 g/mol. The molecule has 0 fully saturated rings. The summed E-state index contributed by atoms with van der Waals surface area (Å²) < 4.78 is 4.85. The Morgan fingerprint density at radius 1 is 1.38 bits per heavy atom. The molecule has 0 aromatic carbocycles. The molecule has 13 heavy (non-hydrogen) atoms. The van der Waals surface area contributed by atoms with Gasteiger partial charge in [0.15, 0.2) is 5.78 Å². The number of esters is 1. The van der Waals surface area contributed by atoms with Gasteiger partial charge in [0.25, 0.3) is 0 Å². The van der Waals surface area contributed by atoms with E-state index >= 15 is 0 Å². The van der Waals surface area contributed by atoms with Crippen LogP contribution < -0.4 is 0 Å². The molecule has 3 heteroatoms. The van der Waals surface area contributed by atoms with E-state index in [9.17, 15) is 9.59 Å². The number of hydrogen-bond donors (Lipinski definition) is 0. The quantitative estimate of drug-likeness (QED) is 0.218. The van der Waals surface area contributed by atoms with Crippen LogP contribution in [0, 0.1) is 0 Å². The van der Waals surface area contributed by atoms with Gasteiger partial charge in [-0.05, 0) is 26.8 Å². The van der Waals surface area contributed by atoms with Crippen LogP contribution in [-0.2, 0) is 14.3 Å². The van der Waals surface area contributed by atoms with Gasteiger partial charge in [-0.25, -0.2) is 4.79 Å². The molecule has 0 unspecified atom stereocenters. The number of rotatable bonds is 4. The van der Waals surface area contributed by atoms with E-state index in [-0.39, 0.29) is 17.5 Å². The molecule has 0 aromatic rings. The second-order valence-corrected chi connectivity index (χ2v) is 2.83. The summed E-state index contributed by atoms with van der Waals surface area (Å²) in [6.07, 6.45) is 2.52. The highest BCUT2D eigenvalue weighted by atomic mass is 16.5. The maximum absolute atomic E-state index is 11.2. The molecule has 0 rings (SSSR count). The van der Waals surface area contributed by atoms with E-state index in [4.69, 9.17) is 4.74 Å². The zero-order valence-electron chi connectivity index (χ0n) is 8.16. The van der Waals surface area contributed by atoms with Crippen LogP contribution in [0.3, 0.4) is 0 Å². The summed E-state index contributed by atoms with van der Waals surface area (Å²) in [4.78, 5) is 22.2. The van der Waals surface area contributed by atoms with Gasteiger partial charge in [0.05, 0.1) is 6.10 Å². The molecule has 0 amide bonds. The van der Waals surface area contributed by atoms with E-state index in [1.807, 2.05) is 0 Å². The van der Waals surface area contributed by atoms with Gasteiger partial charge in [0.2, 0.25) is 0 Å². The zero-order chi connectivity index (χ0) is 10.4. The van der Waals surface area contributed by atoms with Gasteiger partial charge in [0.1, 0.15) is 5.57 Å². The van der Waals surface area contributed by atoms with E-state index < -0.39 is 5.97 Å². The smallest absolute Gasteiger partial charge is 0.342 e. The Morgan fingerprint density at radius 3 is 2.23 bits per heavy atom. The minimum Gasteiger partial charge on any atom is -0.459 e. The highest BCUT2D eigenvalue weighted by molar-refractivity contribution is 6.16. The van der Waals surface area contributed by atoms with Crippen LogP contribution in [0.15, 0.2) is 24.3 Å². The van der Waals surface area contributed by atoms with Gasteiger partial charge in [-0.1, -0.05) is 12.7 Å². The summed E-state index contributed by atoms with van der Waals surface area (Å²) in [5, 5.41) is 0. The van der Waals surface area contributed by atoms with Gasteiger partial charge in [-0.15, -0.1) is 0 Å². The molecule has 3 nitrogen and oxygen atoms in total. The summed E-state index contributed by atoms with van der Waals surface area (Å²) in [7, 11) is 0. The molecular formula is C10H14O3. The van der Waals surface area contributed by atoms with E-state index in [1.54, 1.807) is 13.8 Å². The van der Waals surface area contributed by atoms with Crippen molar-refractivity contribution in [2.24, 2.45) is 0 Å². The predicted octanol–water partition coefficient (Wildman–Crippen LogP) is 1.64. The van der Waals surface area contributed by atoms with Gasteiger partial charge in [0, 0.05) is 0 Å². The van der Waals surface area contributed by atoms with Crippen molar-refractivity contribution in [3.05, 3.63) is 24.3 Å². The van der Waals surface area contributed by atoms with Crippen LogP contribution in [-0.4, -0.2) is 17.9 Å². The highest BCUT2D eigenvalue weighted by Crippen LogP contribution is 2.02. The number of allylic oxidation sites excluding steroid dienone is 2. The third-order valence-corrected chi connectivity index (χ3v) is 1.23. The molecule has 0 N–H and O–H groups in total. The molecule has 0 aliphatic carbocycles. The van der Waals surface area contributed by atoms with Crippen LogP contribution in [0.2, 0.25) is 0 Å². The number of carbonyl (C=O) groups is 2. The lowest BCUT2D eigenvalue weighted by Crippen LogP contribution is -2.17. The molecule has 0 aliphatic rings. The minimum absolute atomic E-state index is 0.0312. The predicted molar refractivity (Wildman–Crippen MR) is 50.2 cm³/mol. The molecule has 0 saturated heterocycles. The summed E-state index contributed by atoms with van der Waals surface area (Å²) in [6.45, 7) is 8.18. The van der Waals surface area contributed by atoms with Crippen molar-refractivity contribution < 1.29 is 14.3 Å². The fourth-order valence-electron chi connectivity index (χ4n) is 0.725. The number of Topliss-reactive ketones (excluding diaryl/α,β-unsaturated/α-hetero) is 1. The normalized spacial score (nSPS) is 11.2. The van der Waals surface area contributed by atoms with Gasteiger partial charge >= 0.3 is 5.97 Å². The number of ether oxygens (including phenoxy) is 1. The zero-order valence-corrected chi connectivity index (χ0v) is 8.16. The third kappa shape index (κ3) is 4.25. The standard InChI is InChI=1S/C10H14O3/c1-5-6-9(8(4)11)10(12)13-7(2)3/h5-7H,1H2,2-4H3. The van der Waals surface area contributed by atoms with Gasteiger partial charge in [-0.2, -0.15) is 0 Å². The summed E-state index contributed by atoms with van der Waals surface area (Å²) in [5.41, 5.74) is 0.0312. The average Bonchev–Trinajstić information content (AvgIpc) is 1.97. The van der Waals surface area contributed by atoms with Crippen LogP contribution >= 0.6 is 0 Å². The van der Waals surface area contributed by atoms with Crippen molar-refractivity contribution in [3.63, 3.8) is 0 Å². The van der Waals surface area contributed by atoms with Crippen LogP contribution in [0.1, 0.15) is 20.8 Å². The van der Waals surface area contributed by atoms with Crippen molar-refractivity contribution in [2.75, 3.05) is 0 Å². The Morgan fingerprint density at radius 2 is 1.92 bits per heavy atom. The van der Waals surface area contributed by atoms with E-state index in [0.717, 1.165) is 0 Å². The Labute approximate surface area is 78.1 Å². The SMILES string of the molecule is C=CC=C(C(C)=O)C(=O)OC(C)C. The Balaban J connectivity index is 4.57. The molecule has 0 saturated carbocycles. The Bertz CT molecular complexity index is 249. The van der Waals surface area contributed by atoms with Crippen LogP contribution in [0.5, 0.6) is 0 Å². The fourth-order valence-corrected chi connectivity index (χ4v) is 0.725. The second-order valence-electron chi connectivity index (χ2n) is 2.83. The van der Waals surface area contributed by atoms with E-state index in [2.05, 4.69) is 6.58 Å². The minimum atomic E-state index is -0.595. The summed E-state index contributed by atoms with van der Waals surface area (Å²) in [6, 6.07) is 0. The van der Waals surface area contributed by atoms with Crippen LogP contribution in [0.25, 0.3) is 0 Å². The maximum atomic E-state index is 11.2. The monoisotopic (exact) mass is 182 g/mol. The lowest BCUT2D eigenvalue weighted by atomic mass is 10.2. The summed E-state index contributed by atoms with van der Waals surface area (Å²) >= 11 is 0. The molecule has 72 valence electrons. The van der Waals surface area contributed by atoms with E-state index in [0.29, 0.717) is 0 Å². The Hall–Kier alpha value is -1.38. The van der Waals surface area contributed by atoms with Crippen LogP contribution in [0.4, 0.5) is 0 Å². The van der Waals surface area contributed by atoms with Crippen molar-refractivity contribution in [3.8, 4) is 0 Å². The number of hydrogen-bond acceptors (Lipinski definition) is 3. The van der Waals surface area contributed by atoms with Crippen molar-refractivity contribution in [2.45, 2.75) is 26.9 Å². The maximum Gasteiger partial charge on any atom is 0.342 e. The molecule has 0 bridgehead atoms. The first-order chi connectivity index (χ1) is 5.99. The first-order valence-electron chi connectivity index (χ1n) is 4.03. The lowest BCUT2D eigenvalue weighted by Gasteiger charge is -2.07. The number of carbonyl (C=O) groups excluding carboxylic acids is 2. The number of ketones is 1. The van der Waals surface area contributed by atoms with Gasteiger partial charge < -0.3 is 4.74 Å². The first kappa shape index (κ1) is 11.6. The molecule has 0 spiro atoms. The van der Waals surface area contributed by atoms with E-state index in [1.165, 1.54) is 19.1 Å². The lowest BCUT2D eigenvalue weighted by molar-refractivity contribution is -0.143. The molecule has 0 heterocycles. The molecule has 0 aliphatic heterocycles. The molecule has 0 aromatic heterocycles. The first-order valence-corrected chi connectivity index (χ1v) is 4.03. The fraction of sp³-hybridized carbons (Fsp3) is 0.400. The average molecular weight is 182 g/mol. The van der Waals surface area contributed by atoms with Crippen molar-refractivity contribution in [1.29, 1.82) is 0 Å². The largest absolute Gasteiger partial charge is 0.459 e.